The second kappa shape index (κ2) is 3.41. The van der Waals surface area contributed by atoms with Crippen molar-refractivity contribution in [2.75, 3.05) is 0 Å². The average Bonchev–Trinajstić information content (AvgIpc) is 2.07. The maximum absolute atomic E-state index is 11.0. The Balaban J connectivity index is 3.15. The fourth-order valence-corrected chi connectivity index (χ4v) is 1.23. The van der Waals surface area contributed by atoms with Gasteiger partial charge in [-0.15, -0.1) is 0 Å². The highest BCUT2D eigenvalue weighted by Crippen LogP contribution is 2.20. The van der Waals surface area contributed by atoms with E-state index < -0.39 is 35.3 Å². The van der Waals surface area contributed by atoms with E-state index in [0.717, 1.165) is 12.2 Å². The third kappa shape index (κ3) is 1.54. The molecule has 1 rings (SSSR count). The molecule has 1 aliphatic rings. The molecule has 0 saturated heterocycles. The molecule has 2 atom stereocenters. The first-order valence-electron chi connectivity index (χ1n) is 3.66. The molecule has 0 radical (unpaired) electrons. The third-order valence-electron chi connectivity index (χ3n) is 1.89. The van der Waals surface area contributed by atoms with Gasteiger partial charge < -0.3 is 10.2 Å². The number of carbonyl (C=O) groups excluding carboxylic acids is 2. The van der Waals surface area contributed by atoms with Gasteiger partial charge in [0.05, 0.1) is 0 Å². The fourth-order valence-electron chi connectivity index (χ4n) is 1.23. The SMILES string of the molecule is O=C(O)C1C(=O)C=CC(=O)C1C(=O)O. The van der Waals surface area contributed by atoms with Crippen LogP contribution in [0.3, 0.4) is 0 Å². The van der Waals surface area contributed by atoms with Crippen molar-refractivity contribution in [3.8, 4) is 0 Å². The van der Waals surface area contributed by atoms with Gasteiger partial charge in [0.2, 0.25) is 0 Å². The van der Waals surface area contributed by atoms with Gasteiger partial charge in [0.1, 0.15) is 11.8 Å². The molecule has 0 aliphatic heterocycles. The van der Waals surface area contributed by atoms with Crippen LogP contribution in [0.25, 0.3) is 0 Å². The number of allylic oxidation sites excluding steroid dienone is 2. The van der Waals surface area contributed by atoms with E-state index in [1.807, 2.05) is 0 Å². The Morgan fingerprint density at radius 1 is 0.929 bits per heavy atom. The lowest BCUT2D eigenvalue weighted by atomic mass is 9.81. The predicted molar refractivity (Wildman–Crippen MR) is 41.4 cm³/mol. The summed E-state index contributed by atoms with van der Waals surface area (Å²) >= 11 is 0. The third-order valence-corrected chi connectivity index (χ3v) is 1.89. The Morgan fingerprint density at radius 3 is 1.43 bits per heavy atom. The molecule has 2 unspecified atom stereocenters. The second-order valence-electron chi connectivity index (χ2n) is 2.77. The highest BCUT2D eigenvalue weighted by Gasteiger charge is 2.44. The molecule has 6 heteroatoms. The lowest BCUT2D eigenvalue weighted by Gasteiger charge is -2.18. The van der Waals surface area contributed by atoms with Crippen molar-refractivity contribution in [2.24, 2.45) is 11.8 Å². The van der Waals surface area contributed by atoms with Gasteiger partial charge in [-0.1, -0.05) is 0 Å². The first-order valence-corrected chi connectivity index (χ1v) is 3.66. The summed E-state index contributed by atoms with van der Waals surface area (Å²) in [5, 5.41) is 17.2. The van der Waals surface area contributed by atoms with E-state index in [4.69, 9.17) is 10.2 Å². The van der Waals surface area contributed by atoms with Gasteiger partial charge in [-0.25, -0.2) is 0 Å². The van der Waals surface area contributed by atoms with Gasteiger partial charge in [0.25, 0.3) is 0 Å². The van der Waals surface area contributed by atoms with E-state index in [1.165, 1.54) is 0 Å². The smallest absolute Gasteiger partial charge is 0.315 e. The summed E-state index contributed by atoms with van der Waals surface area (Å²) in [5.41, 5.74) is 0. The molecule has 14 heavy (non-hydrogen) atoms. The van der Waals surface area contributed by atoms with Crippen molar-refractivity contribution in [3.63, 3.8) is 0 Å². The Hall–Kier alpha value is -1.98. The minimum atomic E-state index is -1.80. The molecule has 0 heterocycles. The summed E-state index contributed by atoms with van der Waals surface area (Å²) in [6.45, 7) is 0. The van der Waals surface area contributed by atoms with Crippen molar-refractivity contribution in [1.82, 2.24) is 0 Å². The van der Waals surface area contributed by atoms with E-state index in [2.05, 4.69) is 0 Å². The highest BCUT2D eigenvalue weighted by atomic mass is 16.4. The number of carboxylic acid groups (broad SMARTS) is 2. The van der Waals surface area contributed by atoms with Crippen molar-refractivity contribution in [1.29, 1.82) is 0 Å². The van der Waals surface area contributed by atoms with Crippen LogP contribution in [0, 0.1) is 11.8 Å². The van der Waals surface area contributed by atoms with E-state index in [9.17, 15) is 19.2 Å². The lowest BCUT2D eigenvalue weighted by Crippen LogP contribution is -2.41. The minimum absolute atomic E-state index is 0.792. The van der Waals surface area contributed by atoms with Crippen LogP contribution in [0.5, 0.6) is 0 Å². The number of hydrogen-bond donors (Lipinski definition) is 2. The first kappa shape index (κ1) is 10.1. The molecule has 0 saturated carbocycles. The van der Waals surface area contributed by atoms with Crippen LogP contribution in [0.1, 0.15) is 0 Å². The summed E-state index contributed by atoms with van der Waals surface area (Å²) in [4.78, 5) is 43.1. The van der Waals surface area contributed by atoms with Gasteiger partial charge in [-0.3, -0.25) is 19.2 Å². The maximum Gasteiger partial charge on any atom is 0.315 e. The zero-order valence-corrected chi connectivity index (χ0v) is 6.84. The van der Waals surface area contributed by atoms with Gasteiger partial charge >= 0.3 is 11.9 Å². The largest absolute Gasteiger partial charge is 0.481 e. The molecule has 0 amide bonds. The van der Waals surface area contributed by atoms with E-state index in [0.29, 0.717) is 0 Å². The fraction of sp³-hybridized carbons (Fsp3) is 0.250. The van der Waals surface area contributed by atoms with Crippen LogP contribution in [-0.2, 0) is 19.2 Å². The maximum atomic E-state index is 11.0. The molecule has 0 fully saturated rings. The molecule has 0 aromatic carbocycles. The number of rotatable bonds is 2. The number of carboxylic acids is 2. The lowest BCUT2D eigenvalue weighted by molar-refractivity contribution is -0.159. The zero-order chi connectivity index (χ0) is 10.9. The number of ketones is 2. The van der Waals surface area contributed by atoms with Crippen molar-refractivity contribution in [2.45, 2.75) is 0 Å². The summed E-state index contributed by atoms with van der Waals surface area (Å²) in [5.74, 6) is -8.54. The molecule has 1 aliphatic carbocycles. The number of carbonyl (C=O) groups is 4. The molecular formula is C8H6O6. The molecule has 74 valence electrons. The monoisotopic (exact) mass is 198 g/mol. The predicted octanol–water partition coefficient (Wildman–Crippen LogP) is -0.904. The van der Waals surface area contributed by atoms with E-state index >= 15 is 0 Å². The van der Waals surface area contributed by atoms with Gasteiger partial charge in [0, 0.05) is 0 Å². The van der Waals surface area contributed by atoms with E-state index in [1.54, 1.807) is 0 Å². The van der Waals surface area contributed by atoms with Gasteiger partial charge in [-0.2, -0.15) is 0 Å². The Kier molecular flexibility index (Phi) is 2.46. The highest BCUT2D eigenvalue weighted by molar-refractivity contribution is 6.20. The zero-order valence-electron chi connectivity index (χ0n) is 6.84. The Bertz CT molecular complexity index is 319. The molecule has 0 spiro atoms. The number of hydrogen-bond acceptors (Lipinski definition) is 4. The second-order valence-corrected chi connectivity index (χ2v) is 2.77. The minimum Gasteiger partial charge on any atom is -0.481 e. The topological polar surface area (TPSA) is 109 Å². The first-order chi connectivity index (χ1) is 6.45. The van der Waals surface area contributed by atoms with Crippen LogP contribution in [-0.4, -0.2) is 33.7 Å². The van der Waals surface area contributed by atoms with Crippen molar-refractivity contribution in [3.05, 3.63) is 12.2 Å². The molecule has 6 nitrogen and oxygen atoms in total. The van der Waals surface area contributed by atoms with Gasteiger partial charge in [0.15, 0.2) is 11.6 Å². The number of aliphatic carboxylic acids is 2. The Morgan fingerprint density at radius 2 is 1.21 bits per heavy atom. The molecule has 0 bridgehead atoms. The van der Waals surface area contributed by atoms with E-state index in [-0.39, 0.29) is 0 Å². The summed E-state index contributed by atoms with van der Waals surface area (Å²) in [6, 6.07) is 0. The normalized spacial score (nSPS) is 26.3. The van der Waals surface area contributed by atoms with Crippen molar-refractivity contribution < 1.29 is 29.4 Å². The van der Waals surface area contributed by atoms with Crippen molar-refractivity contribution >= 4 is 23.5 Å². The molecule has 2 N–H and O–H groups in total. The molecule has 0 aromatic heterocycles. The quantitative estimate of drug-likeness (QED) is 0.556. The van der Waals surface area contributed by atoms with Crippen LogP contribution in [0.4, 0.5) is 0 Å². The van der Waals surface area contributed by atoms with Crippen LogP contribution in [0.2, 0.25) is 0 Å². The van der Waals surface area contributed by atoms with Gasteiger partial charge in [-0.05, 0) is 12.2 Å². The van der Waals surface area contributed by atoms with Crippen LogP contribution < -0.4 is 0 Å². The average molecular weight is 198 g/mol. The van der Waals surface area contributed by atoms with Crippen LogP contribution >= 0.6 is 0 Å². The summed E-state index contributed by atoms with van der Waals surface area (Å²) in [7, 11) is 0. The standard InChI is InChI=1S/C8H6O6/c9-3-1-2-4(10)6(8(13)14)5(3)7(11)12/h1-2,5-6H,(H,11,12)(H,13,14). The summed E-state index contributed by atoms with van der Waals surface area (Å²) < 4.78 is 0. The molecule has 0 aromatic rings. The summed E-state index contributed by atoms with van der Waals surface area (Å²) in [6.07, 6.45) is 1.58. The Labute approximate surface area is 77.8 Å². The molecular weight excluding hydrogens is 192 g/mol. The van der Waals surface area contributed by atoms with Crippen LogP contribution in [0.15, 0.2) is 12.2 Å².